The molecule has 2 amide bonds. The Balaban J connectivity index is 0.000000283. The molecular formula is C29H32BrN7O3. The summed E-state index contributed by atoms with van der Waals surface area (Å²) in [5, 5.41) is 7.72. The average molecular weight is 607 g/mol. The number of Topliss-reactive ketones (excluding diaryl/α,β-unsaturated/α-hetero) is 1. The molecule has 40 heavy (non-hydrogen) atoms. The fraction of sp³-hybridized carbons (Fsp3) is 0.345. The van der Waals surface area contributed by atoms with Gasteiger partial charge in [0.05, 0.1) is 5.52 Å². The van der Waals surface area contributed by atoms with Crippen LogP contribution in [0.4, 0.5) is 5.82 Å². The number of nitrogens with zero attached hydrogens (tertiary/aromatic N) is 6. The van der Waals surface area contributed by atoms with Crippen LogP contribution in [0.5, 0.6) is 0 Å². The zero-order valence-corrected chi connectivity index (χ0v) is 24.8. The second kappa shape index (κ2) is 12.5. The van der Waals surface area contributed by atoms with Gasteiger partial charge in [0.2, 0.25) is 12.3 Å². The Bertz CT molecular complexity index is 1550. The number of carbonyl (C=O) groups excluding carboxylic acids is 3. The van der Waals surface area contributed by atoms with Gasteiger partial charge in [-0.15, -0.1) is 0 Å². The lowest BCUT2D eigenvalue weighted by Gasteiger charge is -2.21. The Morgan fingerprint density at radius 2 is 1.82 bits per heavy atom. The van der Waals surface area contributed by atoms with Gasteiger partial charge in [0.25, 0.3) is 0 Å². The van der Waals surface area contributed by atoms with Crippen molar-refractivity contribution in [2.24, 2.45) is 5.92 Å². The van der Waals surface area contributed by atoms with E-state index >= 15 is 0 Å². The highest BCUT2D eigenvalue weighted by Crippen LogP contribution is 2.28. The number of benzene rings is 1. The number of aryl methyl sites for hydroxylation is 2. The van der Waals surface area contributed by atoms with Crippen molar-refractivity contribution in [1.29, 1.82) is 0 Å². The molecule has 0 radical (unpaired) electrons. The molecule has 1 aliphatic rings. The zero-order chi connectivity index (χ0) is 29.0. The summed E-state index contributed by atoms with van der Waals surface area (Å²) < 4.78 is 2.37. The minimum atomic E-state index is -0.123. The Kier molecular flexibility index (Phi) is 9.03. The molecule has 4 heterocycles. The first-order valence-corrected chi connectivity index (χ1v) is 13.8. The minimum Gasteiger partial charge on any atom is -0.338 e. The fourth-order valence-corrected chi connectivity index (χ4v) is 5.16. The van der Waals surface area contributed by atoms with Crippen LogP contribution in [0.1, 0.15) is 49.1 Å². The molecule has 1 aromatic carbocycles. The predicted octanol–water partition coefficient (Wildman–Crippen LogP) is 4.98. The molecule has 10 nitrogen and oxygen atoms in total. The molecule has 0 aliphatic carbocycles. The maximum atomic E-state index is 12.9. The zero-order valence-electron chi connectivity index (χ0n) is 23.2. The van der Waals surface area contributed by atoms with E-state index in [0.29, 0.717) is 34.3 Å². The number of likely N-dealkylation sites (tertiary alicyclic amines) is 1. The molecule has 0 bridgehead atoms. The van der Waals surface area contributed by atoms with Gasteiger partial charge < -0.3 is 10.2 Å². The lowest BCUT2D eigenvalue weighted by Crippen LogP contribution is -2.36. The Hall–Kier alpha value is -3.99. The number of anilines is 1. The van der Waals surface area contributed by atoms with Gasteiger partial charge in [-0.05, 0) is 78.4 Å². The number of nitrogens with one attached hydrogen (secondary N) is 1. The van der Waals surface area contributed by atoms with Crippen molar-refractivity contribution in [1.82, 2.24) is 29.6 Å². The van der Waals surface area contributed by atoms with E-state index < -0.39 is 0 Å². The molecule has 0 spiro atoms. The van der Waals surface area contributed by atoms with E-state index in [1.165, 1.54) is 6.92 Å². The lowest BCUT2D eigenvalue weighted by atomic mass is 10.0. The van der Waals surface area contributed by atoms with E-state index in [9.17, 15) is 14.4 Å². The molecule has 0 saturated carbocycles. The number of aromatic nitrogens is 5. The highest BCUT2D eigenvalue weighted by molar-refractivity contribution is 9.10. The van der Waals surface area contributed by atoms with Crippen molar-refractivity contribution in [3.05, 3.63) is 64.4 Å². The number of hydrogen-bond acceptors (Lipinski definition) is 7. The molecule has 2 atom stereocenters. The minimum absolute atomic E-state index is 0.0392. The van der Waals surface area contributed by atoms with Crippen LogP contribution in [-0.4, -0.2) is 60.3 Å². The van der Waals surface area contributed by atoms with Crippen LogP contribution in [0.15, 0.2) is 47.3 Å². The van der Waals surface area contributed by atoms with Crippen LogP contribution in [0.25, 0.3) is 22.0 Å². The number of halogens is 1. The lowest BCUT2D eigenvalue weighted by molar-refractivity contribution is -0.132. The van der Waals surface area contributed by atoms with Crippen molar-refractivity contribution in [2.45, 2.75) is 53.6 Å². The largest absolute Gasteiger partial charge is 0.338 e. The number of hydrogen-bond donors (Lipinski definition) is 1. The molecule has 4 aromatic rings. The molecule has 1 fully saturated rings. The van der Waals surface area contributed by atoms with E-state index in [1.54, 1.807) is 17.1 Å². The van der Waals surface area contributed by atoms with Crippen LogP contribution >= 0.6 is 15.9 Å². The van der Waals surface area contributed by atoms with E-state index in [1.807, 2.05) is 49.1 Å². The molecule has 11 heteroatoms. The van der Waals surface area contributed by atoms with Crippen LogP contribution < -0.4 is 5.32 Å². The topological polar surface area (TPSA) is 123 Å². The summed E-state index contributed by atoms with van der Waals surface area (Å²) in [5.41, 5.74) is 3.88. The van der Waals surface area contributed by atoms with Crippen LogP contribution in [0.3, 0.4) is 0 Å². The van der Waals surface area contributed by atoms with Crippen LogP contribution in [0, 0.1) is 19.8 Å². The van der Waals surface area contributed by atoms with Gasteiger partial charge >= 0.3 is 0 Å². The number of amides is 2. The van der Waals surface area contributed by atoms with E-state index in [0.717, 1.165) is 40.6 Å². The summed E-state index contributed by atoms with van der Waals surface area (Å²) in [7, 11) is 0. The molecule has 1 saturated heterocycles. The van der Waals surface area contributed by atoms with Crippen LogP contribution in [-0.2, 0) is 16.1 Å². The predicted molar refractivity (Wildman–Crippen MR) is 157 cm³/mol. The van der Waals surface area contributed by atoms with Crippen LogP contribution in [0.2, 0.25) is 0 Å². The van der Waals surface area contributed by atoms with E-state index in [4.69, 9.17) is 0 Å². The third-order valence-corrected chi connectivity index (χ3v) is 7.29. The number of fused-ring (bicyclic) bond motifs is 1. The van der Waals surface area contributed by atoms with Gasteiger partial charge in [-0.3, -0.25) is 19.1 Å². The van der Waals surface area contributed by atoms with Crippen molar-refractivity contribution in [3.8, 4) is 11.1 Å². The van der Waals surface area contributed by atoms with Gasteiger partial charge in [-0.2, -0.15) is 5.10 Å². The summed E-state index contributed by atoms with van der Waals surface area (Å²) >= 11 is 3.20. The summed E-state index contributed by atoms with van der Waals surface area (Å²) in [5.74, 6) is 1.72. The highest BCUT2D eigenvalue weighted by Gasteiger charge is 2.30. The third kappa shape index (κ3) is 6.59. The monoisotopic (exact) mass is 605 g/mol. The van der Waals surface area contributed by atoms with Gasteiger partial charge in [-0.25, -0.2) is 15.0 Å². The maximum absolute atomic E-state index is 12.9. The smallest absolute Gasteiger partial charge is 0.244 e. The fourth-order valence-electron chi connectivity index (χ4n) is 4.85. The SMILES string of the molecule is CC(=O)c1nn(CC(=O)N2CC(C)CC2C)c2ccc(-c3cnc(C)nc3)cc12.Cc1ccc(Br)nc1NC=O. The van der Waals surface area contributed by atoms with Crippen molar-refractivity contribution in [2.75, 3.05) is 11.9 Å². The molecule has 1 N–H and O–H groups in total. The van der Waals surface area contributed by atoms with Gasteiger partial charge in [0.1, 0.15) is 28.5 Å². The normalized spacial score (nSPS) is 16.4. The van der Waals surface area contributed by atoms with Crippen molar-refractivity contribution < 1.29 is 14.4 Å². The summed E-state index contributed by atoms with van der Waals surface area (Å²) in [6.45, 7) is 10.4. The Morgan fingerprint density at radius 1 is 1.10 bits per heavy atom. The quantitative estimate of drug-likeness (QED) is 0.187. The number of carbonyl (C=O) groups is 3. The van der Waals surface area contributed by atoms with Crippen molar-refractivity contribution >= 4 is 50.8 Å². The average Bonchev–Trinajstić information content (AvgIpc) is 3.45. The molecular weight excluding hydrogens is 574 g/mol. The van der Waals surface area contributed by atoms with Gasteiger partial charge in [0.15, 0.2) is 5.78 Å². The number of pyridine rings is 1. The first-order chi connectivity index (χ1) is 19.1. The Morgan fingerprint density at radius 3 is 2.45 bits per heavy atom. The van der Waals surface area contributed by atoms with Crippen molar-refractivity contribution in [3.63, 3.8) is 0 Å². The number of rotatable bonds is 6. The molecule has 3 aromatic heterocycles. The van der Waals surface area contributed by atoms with E-state index in [-0.39, 0.29) is 24.3 Å². The third-order valence-electron chi connectivity index (χ3n) is 6.85. The molecule has 2 unspecified atom stereocenters. The maximum Gasteiger partial charge on any atom is 0.244 e. The standard InChI is InChI=1S/C22H25N5O2.C7H7BrN2O/c1-13-7-14(2)26(11-13)21(29)12-27-20-6-5-17(18-9-23-16(4)24-10-18)8-19(20)22(25-27)15(3)28;1-5-2-3-6(8)10-7(5)9-4-11/h5-6,8-10,13-14H,7,11-12H2,1-4H3;2-4H,1H3,(H,9,10,11). The summed E-state index contributed by atoms with van der Waals surface area (Å²) in [6.07, 6.45) is 5.16. The second-order valence-electron chi connectivity index (χ2n) is 10.1. The summed E-state index contributed by atoms with van der Waals surface area (Å²) in [6, 6.07) is 9.72. The Labute approximate surface area is 241 Å². The summed E-state index contributed by atoms with van der Waals surface area (Å²) in [4.78, 5) is 49.6. The first kappa shape index (κ1) is 29.0. The first-order valence-electron chi connectivity index (χ1n) is 13.0. The molecule has 5 rings (SSSR count). The number of ketones is 1. The molecule has 1 aliphatic heterocycles. The molecule has 208 valence electrons. The van der Waals surface area contributed by atoms with Gasteiger partial charge in [-0.1, -0.05) is 19.1 Å². The van der Waals surface area contributed by atoms with Gasteiger partial charge in [0, 0.05) is 42.9 Å². The second-order valence-corrected chi connectivity index (χ2v) is 10.9. The highest BCUT2D eigenvalue weighted by atomic mass is 79.9. The van der Waals surface area contributed by atoms with E-state index in [2.05, 4.69) is 55.1 Å².